The summed E-state index contributed by atoms with van der Waals surface area (Å²) in [6.07, 6.45) is -0.464. The van der Waals surface area contributed by atoms with Crippen LogP contribution in [-0.4, -0.2) is 6.09 Å². The number of hydrogen-bond acceptors (Lipinski definition) is 3. The summed E-state index contributed by atoms with van der Waals surface area (Å²) in [6.45, 7) is 0.536. The lowest BCUT2D eigenvalue weighted by molar-refractivity contribution is 0.138. The zero-order valence-corrected chi connectivity index (χ0v) is 13.6. The number of amides is 1. The van der Waals surface area contributed by atoms with Gasteiger partial charge >= 0.3 is 6.09 Å². The fourth-order valence-corrected chi connectivity index (χ4v) is 2.87. The first-order valence-corrected chi connectivity index (χ1v) is 8.14. The highest BCUT2D eigenvalue weighted by molar-refractivity contribution is 6.05. The van der Waals surface area contributed by atoms with Crippen LogP contribution in [0.1, 0.15) is 11.3 Å². The average Bonchev–Trinajstić information content (AvgIpc) is 3.09. The molecule has 25 heavy (non-hydrogen) atoms. The maximum Gasteiger partial charge on any atom is 0.407 e. The number of rotatable bonds is 4. The van der Waals surface area contributed by atoms with Crippen molar-refractivity contribution < 1.29 is 13.9 Å². The third kappa shape index (κ3) is 3.33. The van der Waals surface area contributed by atoms with E-state index in [0.717, 1.165) is 27.3 Å². The van der Waals surface area contributed by atoms with Crippen LogP contribution in [0.3, 0.4) is 0 Å². The summed E-state index contributed by atoms with van der Waals surface area (Å²) < 4.78 is 11.0. The van der Waals surface area contributed by atoms with Gasteiger partial charge in [0.15, 0.2) is 0 Å². The molecule has 4 heteroatoms. The Labute approximate surface area is 145 Å². The molecule has 4 nitrogen and oxygen atoms in total. The van der Waals surface area contributed by atoms with Crippen molar-refractivity contribution in [2.45, 2.75) is 13.2 Å². The van der Waals surface area contributed by atoms with Crippen LogP contribution >= 0.6 is 0 Å². The first-order valence-electron chi connectivity index (χ1n) is 8.14. The lowest BCUT2D eigenvalue weighted by Crippen LogP contribution is -2.23. The van der Waals surface area contributed by atoms with Gasteiger partial charge in [0.05, 0.1) is 6.54 Å². The van der Waals surface area contributed by atoms with E-state index >= 15 is 0 Å². The molecule has 0 spiro atoms. The molecule has 0 saturated heterocycles. The molecular formula is C21H17NO3. The van der Waals surface area contributed by atoms with Crippen molar-refractivity contribution >= 4 is 27.8 Å². The van der Waals surface area contributed by atoms with Crippen molar-refractivity contribution in [3.63, 3.8) is 0 Å². The van der Waals surface area contributed by atoms with E-state index in [2.05, 4.69) is 17.4 Å². The largest absolute Gasteiger partial charge is 0.459 e. The van der Waals surface area contributed by atoms with Crippen LogP contribution in [-0.2, 0) is 17.9 Å². The number of nitrogens with one attached hydrogen (secondary N) is 1. The van der Waals surface area contributed by atoms with Crippen LogP contribution in [0.4, 0.5) is 4.79 Å². The Hall–Kier alpha value is -3.27. The zero-order chi connectivity index (χ0) is 17.1. The fourth-order valence-electron chi connectivity index (χ4n) is 2.87. The monoisotopic (exact) mass is 331 g/mol. The van der Waals surface area contributed by atoms with Crippen molar-refractivity contribution in [2.24, 2.45) is 0 Å². The van der Waals surface area contributed by atoms with Gasteiger partial charge < -0.3 is 14.5 Å². The topological polar surface area (TPSA) is 51.5 Å². The predicted octanol–water partition coefficient (Wildman–Crippen LogP) is 5.01. The van der Waals surface area contributed by atoms with Gasteiger partial charge in [0.1, 0.15) is 18.0 Å². The minimum atomic E-state index is -0.464. The molecule has 0 saturated carbocycles. The first kappa shape index (κ1) is 15.3. The second-order valence-corrected chi connectivity index (χ2v) is 5.83. The molecule has 4 rings (SSSR count). The Morgan fingerprint density at radius 2 is 1.72 bits per heavy atom. The summed E-state index contributed by atoms with van der Waals surface area (Å²) in [4.78, 5) is 11.8. The van der Waals surface area contributed by atoms with Crippen LogP contribution in [0, 0.1) is 0 Å². The van der Waals surface area contributed by atoms with E-state index in [1.54, 1.807) is 0 Å². The van der Waals surface area contributed by atoms with E-state index in [1.165, 1.54) is 0 Å². The summed E-state index contributed by atoms with van der Waals surface area (Å²) in [5.41, 5.74) is 1.76. The van der Waals surface area contributed by atoms with E-state index < -0.39 is 6.09 Å². The molecule has 0 aliphatic carbocycles. The third-order valence-corrected chi connectivity index (χ3v) is 4.10. The molecule has 0 aliphatic rings. The van der Waals surface area contributed by atoms with E-state index in [-0.39, 0.29) is 13.2 Å². The number of furan rings is 1. The maximum atomic E-state index is 11.8. The van der Waals surface area contributed by atoms with Gasteiger partial charge in [-0.15, -0.1) is 0 Å². The van der Waals surface area contributed by atoms with Crippen molar-refractivity contribution in [3.05, 3.63) is 84.1 Å². The molecule has 1 amide bonds. The Morgan fingerprint density at radius 1 is 0.920 bits per heavy atom. The van der Waals surface area contributed by atoms with Crippen molar-refractivity contribution in [1.29, 1.82) is 0 Å². The van der Waals surface area contributed by atoms with Gasteiger partial charge in [-0.1, -0.05) is 60.7 Å². The Balaban J connectivity index is 1.42. The smallest absolute Gasteiger partial charge is 0.407 e. The van der Waals surface area contributed by atoms with Crippen molar-refractivity contribution in [2.75, 3.05) is 0 Å². The second kappa shape index (κ2) is 6.69. The van der Waals surface area contributed by atoms with Gasteiger partial charge in [0.25, 0.3) is 0 Å². The summed E-state index contributed by atoms with van der Waals surface area (Å²) >= 11 is 0. The van der Waals surface area contributed by atoms with Gasteiger partial charge in [-0.25, -0.2) is 4.79 Å². The molecule has 1 heterocycles. The van der Waals surface area contributed by atoms with E-state index in [9.17, 15) is 4.79 Å². The van der Waals surface area contributed by atoms with E-state index in [1.807, 2.05) is 60.7 Å². The molecule has 0 fully saturated rings. The molecule has 1 N–H and O–H groups in total. The Bertz CT molecular complexity index is 1020. The molecule has 1 aromatic heterocycles. The molecular weight excluding hydrogens is 314 g/mol. The number of hydrogen-bond donors (Lipinski definition) is 1. The summed E-state index contributed by atoms with van der Waals surface area (Å²) in [7, 11) is 0. The highest BCUT2D eigenvalue weighted by Crippen LogP contribution is 2.28. The number of carbonyl (C=O) groups excluding carboxylic acids is 1. The predicted molar refractivity (Wildman–Crippen MR) is 97.2 cm³/mol. The number of carbonyl (C=O) groups is 1. The van der Waals surface area contributed by atoms with Crippen molar-refractivity contribution in [1.82, 2.24) is 5.32 Å². The maximum absolute atomic E-state index is 11.8. The Morgan fingerprint density at radius 3 is 2.60 bits per heavy atom. The molecule has 0 bridgehead atoms. The van der Waals surface area contributed by atoms with Crippen molar-refractivity contribution in [3.8, 4) is 0 Å². The van der Waals surface area contributed by atoms with Crippen LogP contribution in [0.2, 0.25) is 0 Å². The van der Waals surface area contributed by atoms with E-state index in [4.69, 9.17) is 9.15 Å². The average molecular weight is 331 g/mol. The molecule has 0 unspecified atom stereocenters. The lowest BCUT2D eigenvalue weighted by atomic mass is 10.1. The zero-order valence-electron chi connectivity index (χ0n) is 13.6. The number of benzene rings is 3. The van der Waals surface area contributed by atoms with E-state index in [0.29, 0.717) is 5.76 Å². The van der Waals surface area contributed by atoms with Gasteiger partial charge in [-0.05, 0) is 28.5 Å². The molecule has 0 radical (unpaired) electrons. The molecule has 124 valence electrons. The minimum Gasteiger partial charge on any atom is -0.459 e. The first-order chi connectivity index (χ1) is 12.3. The van der Waals surface area contributed by atoms with Gasteiger partial charge in [-0.3, -0.25) is 0 Å². The molecule has 3 aromatic carbocycles. The third-order valence-electron chi connectivity index (χ3n) is 4.10. The number of ether oxygens (including phenoxy) is 1. The van der Waals surface area contributed by atoms with Gasteiger partial charge in [-0.2, -0.15) is 0 Å². The van der Waals surface area contributed by atoms with Gasteiger partial charge in [0, 0.05) is 5.39 Å². The quantitative estimate of drug-likeness (QED) is 0.572. The minimum absolute atomic E-state index is 0.247. The van der Waals surface area contributed by atoms with Crippen LogP contribution < -0.4 is 5.32 Å². The van der Waals surface area contributed by atoms with Crippen LogP contribution in [0.25, 0.3) is 21.7 Å². The Kier molecular flexibility index (Phi) is 4.09. The standard InChI is InChI=1S/C21H17NO3/c23-21(24-14-15-6-2-1-3-7-15)22-13-17-12-19-18-9-5-4-8-16(18)10-11-20(19)25-17/h1-12H,13-14H2,(H,22,23). The summed E-state index contributed by atoms with van der Waals surface area (Å²) in [5.74, 6) is 0.697. The second-order valence-electron chi connectivity index (χ2n) is 5.83. The van der Waals surface area contributed by atoms with Crippen LogP contribution in [0.15, 0.2) is 77.2 Å². The van der Waals surface area contributed by atoms with Gasteiger partial charge in [0.2, 0.25) is 0 Å². The normalized spacial score (nSPS) is 10.9. The number of alkyl carbamates (subject to hydrolysis) is 1. The highest BCUT2D eigenvalue weighted by Gasteiger charge is 2.09. The highest BCUT2D eigenvalue weighted by atomic mass is 16.5. The summed E-state index contributed by atoms with van der Waals surface area (Å²) in [6, 6.07) is 23.7. The molecule has 4 aromatic rings. The molecule has 0 atom stereocenters. The number of fused-ring (bicyclic) bond motifs is 3. The lowest BCUT2D eigenvalue weighted by Gasteiger charge is -2.05. The molecule has 0 aliphatic heterocycles. The summed E-state index contributed by atoms with van der Waals surface area (Å²) in [5, 5.41) is 6.08. The fraction of sp³-hybridized carbons (Fsp3) is 0.0952. The SMILES string of the molecule is O=C(NCc1cc2c(ccc3ccccc32)o1)OCc1ccccc1. The van der Waals surface area contributed by atoms with Crippen LogP contribution in [0.5, 0.6) is 0 Å².